The van der Waals surface area contributed by atoms with Crippen molar-refractivity contribution in [3.63, 3.8) is 0 Å². The third kappa shape index (κ3) is 2.49. The molecule has 0 saturated carbocycles. The average Bonchev–Trinajstić information content (AvgIpc) is 2.60. The number of Topliss-reactive ketones (excluding diaryl/α,β-unsaturated/α-hetero) is 1. The van der Waals surface area contributed by atoms with E-state index in [1.807, 2.05) is 32.9 Å². The number of nitrogen functional groups attached to an aromatic ring is 1. The van der Waals surface area contributed by atoms with Gasteiger partial charge in [0.15, 0.2) is 17.1 Å². The molecule has 1 aromatic carbocycles. The van der Waals surface area contributed by atoms with Crippen molar-refractivity contribution in [2.45, 2.75) is 27.2 Å². The van der Waals surface area contributed by atoms with Crippen molar-refractivity contribution < 1.29 is 9.21 Å². The van der Waals surface area contributed by atoms with Gasteiger partial charge in [-0.2, -0.15) is 0 Å². The third-order valence-corrected chi connectivity index (χ3v) is 2.54. The topological polar surface area (TPSA) is 56.2 Å². The molecule has 1 aromatic heterocycles. The van der Waals surface area contributed by atoms with Crippen molar-refractivity contribution in [1.82, 2.24) is 0 Å². The summed E-state index contributed by atoms with van der Waals surface area (Å²) in [5.74, 6) is 0.418. The first-order valence-electron chi connectivity index (χ1n) is 5.68. The third-order valence-electron chi connectivity index (χ3n) is 2.54. The summed E-state index contributed by atoms with van der Waals surface area (Å²) in [7, 11) is 0. The van der Waals surface area contributed by atoms with Crippen molar-refractivity contribution >= 4 is 22.4 Å². The molecule has 3 nitrogen and oxygen atoms in total. The summed E-state index contributed by atoms with van der Waals surface area (Å²) in [6, 6.07) is 7.28. The molecule has 0 saturated heterocycles. The van der Waals surface area contributed by atoms with Gasteiger partial charge in [0.1, 0.15) is 0 Å². The van der Waals surface area contributed by atoms with Gasteiger partial charge in [0, 0.05) is 11.8 Å². The lowest BCUT2D eigenvalue weighted by Gasteiger charge is -2.15. The van der Waals surface area contributed by atoms with Crippen LogP contribution in [-0.2, 0) is 0 Å². The average molecular weight is 231 g/mol. The summed E-state index contributed by atoms with van der Waals surface area (Å²) in [5, 5.41) is 0.877. The Hall–Kier alpha value is -1.77. The fourth-order valence-electron chi connectivity index (χ4n) is 1.79. The number of hydrogen-bond donors (Lipinski definition) is 1. The molecule has 1 heterocycles. The number of nitrogens with two attached hydrogens (primary N) is 1. The van der Waals surface area contributed by atoms with Crippen molar-refractivity contribution in [3.05, 3.63) is 30.0 Å². The number of carbonyl (C=O) groups is 1. The van der Waals surface area contributed by atoms with Gasteiger partial charge in [-0.25, -0.2) is 0 Å². The highest BCUT2D eigenvalue weighted by atomic mass is 16.3. The predicted octanol–water partition coefficient (Wildman–Crippen LogP) is 3.63. The van der Waals surface area contributed by atoms with Crippen molar-refractivity contribution in [2.24, 2.45) is 5.41 Å². The van der Waals surface area contributed by atoms with Crippen LogP contribution < -0.4 is 5.73 Å². The van der Waals surface area contributed by atoms with Gasteiger partial charge in [-0.1, -0.05) is 32.9 Å². The van der Waals surface area contributed by atoms with Crippen LogP contribution in [0, 0.1) is 5.41 Å². The lowest BCUT2D eigenvalue weighted by molar-refractivity contribution is 0.0914. The van der Waals surface area contributed by atoms with Gasteiger partial charge in [-0.15, -0.1) is 0 Å². The number of anilines is 1. The molecule has 0 unspecified atom stereocenters. The first-order chi connectivity index (χ1) is 7.87. The van der Waals surface area contributed by atoms with Crippen LogP contribution in [0.25, 0.3) is 11.0 Å². The van der Waals surface area contributed by atoms with Gasteiger partial charge in [0.2, 0.25) is 0 Å². The largest absolute Gasteiger partial charge is 0.451 e. The highest BCUT2D eigenvalue weighted by Gasteiger charge is 2.20. The standard InChI is InChI=1S/C14H17NO2/c1-14(2,3)8-11(16)12-7-9-5-4-6-10(15)13(9)17-12/h4-7H,8,15H2,1-3H3. The number of furan rings is 1. The molecule has 17 heavy (non-hydrogen) atoms. The van der Waals surface area contributed by atoms with E-state index >= 15 is 0 Å². The molecular weight excluding hydrogens is 214 g/mol. The number of hydrogen-bond acceptors (Lipinski definition) is 3. The van der Waals surface area contributed by atoms with E-state index < -0.39 is 0 Å². The highest BCUT2D eigenvalue weighted by Crippen LogP contribution is 2.28. The van der Waals surface area contributed by atoms with Gasteiger partial charge in [-0.3, -0.25) is 4.79 Å². The minimum absolute atomic E-state index is 0.0214. The zero-order chi connectivity index (χ0) is 12.6. The summed E-state index contributed by atoms with van der Waals surface area (Å²) in [6.07, 6.45) is 0.465. The first-order valence-corrected chi connectivity index (χ1v) is 5.68. The van der Waals surface area contributed by atoms with Crippen LogP contribution >= 0.6 is 0 Å². The molecule has 3 heteroatoms. The summed E-state index contributed by atoms with van der Waals surface area (Å²) in [4.78, 5) is 12.0. The van der Waals surface area contributed by atoms with E-state index in [0.717, 1.165) is 5.39 Å². The quantitative estimate of drug-likeness (QED) is 0.634. The second-order valence-corrected chi connectivity index (χ2v) is 5.54. The van der Waals surface area contributed by atoms with Crippen molar-refractivity contribution in [3.8, 4) is 0 Å². The highest BCUT2D eigenvalue weighted by molar-refractivity contribution is 5.99. The molecule has 2 aromatic rings. The number of benzene rings is 1. The van der Waals surface area contributed by atoms with E-state index in [1.165, 1.54) is 0 Å². The van der Waals surface area contributed by atoms with E-state index in [2.05, 4.69) is 0 Å². The van der Waals surface area contributed by atoms with Crippen molar-refractivity contribution in [1.29, 1.82) is 0 Å². The van der Waals surface area contributed by atoms with Gasteiger partial charge in [0.25, 0.3) is 0 Å². The Kier molecular flexibility index (Phi) is 2.69. The number of rotatable bonds is 2. The molecule has 0 atom stereocenters. The van der Waals surface area contributed by atoms with E-state index in [0.29, 0.717) is 23.5 Å². The van der Waals surface area contributed by atoms with Crippen LogP contribution in [0.2, 0.25) is 0 Å². The molecule has 0 aliphatic rings. The zero-order valence-corrected chi connectivity index (χ0v) is 10.4. The van der Waals surface area contributed by atoms with E-state index in [1.54, 1.807) is 12.1 Å². The van der Waals surface area contributed by atoms with E-state index in [9.17, 15) is 4.79 Å². The number of para-hydroxylation sites is 1. The molecule has 2 N–H and O–H groups in total. The zero-order valence-electron chi connectivity index (χ0n) is 10.4. The number of fused-ring (bicyclic) bond motifs is 1. The summed E-state index contributed by atoms with van der Waals surface area (Å²) in [5.41, 5.74) is 6.92. The second-order valence-electron chi connectivity index (χ2n) is 5.54. The molecule has 0 fully saturated rings. The fraction of sp³-hybridized carbons (Fsp3) is 0.357. The van der Waals surface area contributed by atoms with Crippen molar-refractivity contribution in [2.75, 3.05) is 5.73 Å². The summed E-state index contributed by atoms with van der Waals surface area (Å²) < 4.78 is 5.53. The minimum atomic E-state index is -0.0401. The summed E-state index contributed by atoms with van der Waals surface area (Å²) in [6.45, 7) is 6.09. The maximum Gasteiger partial charge on any atom is 0.198 e. The molecule has 90 valence electrons. The molecule has 0 aliphatic carbocycles. The smallest absolute Gasteiger partial charge is 0.198 e. The molecule has 0 bridgehead atoms. The first kappa shape index (κ1) is 11.7. The molecule has 0 amide bonds. The molecule has 0 aliphatic heterocycles. The van der Waals surface area contributed by atoms with E-state index in [-0.39, 0.29) is 11.2 Å². The molecular formula is C14H17NO2. The Labute approximate surface area is 101 Å². The van der Waals surface area contributed by atoms with Crippen LogP contribution in [0.5, 0.6) is 0 Å². The monoisotopic (exact) mass is 231 g/mol. The molecule has 0 radical (unpaired) electrons. The Morgan fingerprint density at radius 2 is 2.06 bits per heavy atom. The fourth-order valence-corrected chi connectivity index (χ4v) is 1.79. The van der Waals surface area contributed by atoms with Gasteiger partial charge >= 0.3 is 0 Å². The lowest BCUT2D eigenvalue weighted by Crippen LogP contribution is -2.12. The predicted molar refractivity (Wildman–Crippen MR) is 69.0 cm³/mol. The maximum atomic E-state index is 12.0. The number of ketones is 1. The Morgan fingerprint density at radius 3 is 2.65 bits per heavy atom. The van der Waals surface area contributed by atoms with Gasteiger partial charge in [0.05, 0.1) is 5.69 Å². The maximum absolute atomic E-state index is 12.0. The van der Waals surface area contributed by atoms with Crippen LogP contribution in [0.1, 0.15) is 37.7 Å². The summed E-state index contributed by atoms with van der Waals surface area (Å²) >= 11 is 0. The van der Waals surface area contributed by atoms with E-state index in [4.69, 9.17) is 10.2 Å². The van der Waals surface area contributed by atoms with Gasteiger partial charge < -0.3 is 10.2 Å². The SMILES string of the molecule is CC(C)(C)CC(=O)c1cc2cccc(N)c2o1. The van der Waals surface area contributed by atoms with Crippen LogP contribution in [-0.4, -0.2) is 5.78 Å². The number of carbonyl (C=O) groups excluding carboxylic acids is 1. The normalized spacial score (nSPS) is 11.9. The Balaban J connectivity index is 2.37. The minimum Gasteiger partial charge on any atom is -0.451 e. The Morgan fingerprint density at radius 1 is 1.35 bits per heavy atom. The second kappa shape index (κ2) is 3.91. The lowest BCUT2D eigenvalue weighted by atomic mass is 9.89. The van der Waals surface area contributed by atoms with Crippen LogP contribution in [0.4, 0.5) is 5.69 Å². The van der Waals surface area contributed by atoms with Gasteiger partial charge in [-0.05, 0) is 17.5 Å². The van der Waals surface area contributed by atoms with Crippen LogP contribution in [0.15, 0.2) is 28.7 Å². The van der Waals surface area contributed by atoms with Crippen LogP contribution in [0.3, 0.4) is 0 Å². The molecule has 0 spiro atoms. The Bertz CT molecular complexity index is 561. The molecule has 2 rings (SSSR count).